The number of aliphatic hydroxyl groups is 2. The van der Waals surface area contributed by atoms with Crippen LogP contribution in [-0.2, 0) is 0 Å². The topological polar surface area (TPSA) is 114 Å². The summed E-state index contributed by atoms with van der Waals surface area (Å²) in [6.45, 7) is -0.621. The van der Waals surface area contributed by atoms with Crippen molar-refractivity contribution in [2.75, 3.05) is 6.61 Å². The molecule has 0 bridgehead atoms. The molecule has 1 aliphatic heterocycles. The van der Waals surface area contributed by atoms with E-state index in [0.717, 1.165) is 6.33 Å². The quantitative estimate of drug-likeness (QED) is 0.498. The Balaban J connectivity index is 2.12. The zero-order valence-electron chi connectivity index (χ0n) is 10.1. The fourth-order valence-corrected chi connectivity index (χ4v) is 2.50. The summed E-state index contributed by atoms with van der Waals surface area (Å²) in [6.07, 6.45) is 0.365. The maximum atomic E-state index is 14.1. The minimum absolute atomic E-state index is 0.0751. The van der Waals surface area contributed by atoms with Crippen LogP contribution in [0.25, 0.3) is 11.0 Å². The summed E-state index contributed by atoms with van der Waals surface area (Å²) in [5.41, 5.74) is -0.202. The lowest BCUT2D eigenvalue weighted by Crippen LogP contribution is -2.38. The van der Waals surface area contributed by atoms with Gasteiger partial charge in [0, 0.05) is 11.8 Å². The molecule has 0 amide bonds. The molecule has 0 aliphatic carbocycles. The highest BCUT2D eigenvalue weighted by Crippen LogP contribution is 2.42. The van der Waals surface area contributed by atoms with Crippen molar-refractivity contribution < 1.29 is 19.0 Å². The molecule has 7 nitrogen and oxygen atoms in total. The van der Waals surface area contributed by atoms with Gasteiger partial charge in [-0.3, -0.25) is 10.1 Å². The van der Waals surface area contributed by atoms with Crippen molar-refractivity contribution >= 4 is 11.0 Å². The lowest BCUT2D eigenvalue weighted by molar-refractivity contribution is -0.103. The second-order valence-corrected chi connectivity index (χ2v) is 4.71. The highest BCUT2D eigenvalue weighted by molar-refractivity contribution is 5.78. The molecule has 9 heteroatoms. The third-order valence-electron chi connectivity index (χ3n) is 3.55. The monoisotopic (exact) mass is 286 g/mol. The molecule has 1 fully saturated rings. The van der Waals surface area contributed by atoms with Crippen LogP contribution in [0.15, 0.2) is 17.3 Å². The molecule has 3 atom stereocenters. The molecule has 0 radical (unpaired) electrons. The van der Waals surface area contributed by atoms with E-state index in [2.05, 4.69) is 20.3 Å². The molecule has 3 rings (SSSR count). The number of nitrogens with one attached hydrogen (secondary N) is 3. The SMILES string of the molecule is O=c1[nH]cnc2c([C@H]3NC(CO)[C@@H](O)C3(F)F)c[nH]c12. The summed E-state index contributed by atoms with van der Waals surface area (Å²) in [5.74, 6) is -3.48. The Morgan fingerprint density at radius 2 is 2.15 bits per heavy atom. The number of aromatic nitrogens is 3. The Hall–Kier alpha value is -1.84. The van der Waals surface area contributed by atoms with E-state index in [0.29, 0.717) is 0 Å². The zero-order valence-corrected chi connectivity index (χ0v) is 10.1. The first-order valence-electron chi connectivity index (χ1n) is 5.94. The number of aliphatic hydroxyl groups excluding tert-OH is 2. The van der Waals surface area contributed by atoms with Crippen molar-refractivity contribution in [2.24, 2.45) is 0 Å². The number of hydrogen-bond donors (Lipinski definition) is 5. The van der Waals surface area contributed by atoms with Gasteiger partial charge in [0.05, 0.1) is 19.0 Å². The van der Waals surface area contributed by atoms with Crippen LogP contribution in [0.1, 0.15) is 11.6 Å². The molecule has 0 spiro atoms. The summed E-state index contributed by atoms with van der Waals surface area (Å²) >= 11 is 0. The Morgan fingerprint density at radius 3 is 2.80 bits per heavy atom. The van der Waals surface area contributed by atoms with Crippen molar-refractivity contribution in [3.63, 3.8) is 0 Å². The number of halogens is 2. The Labute approximate surface area is 110 Å². The maximum Gasteiger partial charge on any atom is 0.294 e. The first kappa shape index (κ1) is 13.2. The predicted octanol–water partition coefficient (Wildman–Crippen LogP) is -0.747. The molecule has 1 saturated heterocycles. The average Bonchev–Trinajstić information content (AvgIpc) is 2.92. The second kappa shape index (κ2) is 4.33. The van der Waals surface area contributed by atoms with E-state index < -0.39 is 36.3 Å². The average molecular weight is 286 g/mol. The predicted molar refractivity (Wildman–Crippen MR) is 64.4 cm³/mol. The van der Waals surface area contributed by atoms with E-state index in [1.807, 2.05) is 0 Å². The second-order valence-electron chi connectivity index (χ2n) is 4.71. The van der Waals surface area contributed by atoms with E-state index in [1.54, 1.807) is 0 Å². The van der Waals surface area contributed by atoms with Crippen LogP contribution in [0.4, 0.5) is 8.78 Å². The standard InChI is InChI=1S/C11H12F2N4O3/c12-11(13)8(17-5(2-18)9(11)19)4-1-14-7-6(4)15-3-16-10(7)20/h1,3,5,8-9,14,17-19H,2H2,(H,15,16,20)/t5?,8-,9-/m1/s1. The fourth-order valence-electron chi connectivity index (χ4n) is 2.50. The summed E-state index contributed by atoms with van der Waals surface area (Å²) < 4.78 is 28.2. The summed E-state index contributed by atoms with van der Waals surface area (Å²) in [6, 6.07) is -2.67. The normalized spacial score (nSPS) is 29.1. The number of fused-ring (bicyclic) bond motifs is 1. The van der Waals surface area contributed by atoms with Gasteiger partial charge in [0.25, 0.3) is 11.5 Å². The lowest BCUT2D eigenvalue weighted by Gasteiger charge is -2.20. The fraction of sp³-hybridized carbons (Fsp3) is 0.455. The van der Waals surface area contributed by atoms with Gasteiger partial charge >= 0.3 is 0 Å². The number of nitrogens with zero attached hydrogens (tertiary/aromatic N) is 1. The Bertz CT molecular complexity index is 698. The van der Waals surface area contributed by atoms with Gasteiger partial charge in [0.15, 0.2) is 0 Å². The molecule has 2 aromatic heterocycles. The van der Waals surface area contributed by atoms with Crippen LogP contribution in [-0.4, -0.2) is 49.8 Å². The van der Waals surface area contributed by atoms with Crippen LogP contribution in [0.3, 0.4) is 0 Å². The molecule has 1 unspecified atom stereocenters. The van der Waals surface area contributed by atoms with Crippen molar-refractivity contribution in [2.45, 2.75) is 24.1 Å². The third kappa shape index (κ3) is 1.67. The van der Waals surface area contributed by atoms with E-state index in [-0.39, 0.29) is 16.6 Å². The molecule has 108 valence electrons. The minimum Gasteiger partial charge on any atom is -0.395 e. The Kier molecular flexibility index (Phi) is 2.85. The summed E-state index contributed by atoms with van der Waals surface area (Å²) in [5, 5.41) is 21.0. The summed E-state index contributed by atoms with van der Waals surface area (Å²) in [4.78, 5) is 20.3. The van der Waals surface area contributed by atoms with Gasteiger partial charge in [0.1, 0.15) is 23.2 Å². The number of aromatic amines is 2. The highest BCUT2D eigenvalue weighted by Gasteiger charge is 2.57. The van der Waals surface area contributed by atoms with Gasteiger partial charge in [-0.1, -0.05) is 0 Å². The summed E-state index contributed by atoms with van der Waals surface area (Å²) in [7, 11) is 0. The van der Waals surface area contributed by atoms with Gasteiger partial charge in [-0.25, -0.2) is 13.8 Å². The molecule has 3 heterocycles. The lowest BCUT2D eigenvalue weighted by atomic mass is 10.0. The van der Waals surface area contributed by atoms with E-state index >= 15 is 0 Å². The van der Waals surface area contributed by atoms with Crippen molar-refractivity contribution in [1.82, 2.24) is 20.3 Å². The number of rotatable bonds is 2. The number of alkyl halides is 2. The highest BCUT2D eigenvalue weighted by atomic mass is 19.3. The first-order valence-corrected chi connectivity index (χ1v) is 5.94. The van der Waals surface area contributed by atoms with Crippen LogP contribution in [0.5, 0.6) is 0 Å². The van der Waals surface area contributed by atoms with Crippen LogP contribution in [0.2, 0.25) is 0 Å². The van der Waals surface area contributed by atoms with Crippen LogP contribution in [0, 0.1) is 0 Å². The molecule has 2 aromatic rings. The largest absolute Gasteiger partial charge is 0.395 e. The van der Waals surface area contributed by atoms with Crippen molar-refractivity contribution in [3.05, 3.63) is 28.4 Å². The van der Waals surface area contributed by atoms with Gasteiger partial charge in [-0.2, -0.15) is 0 Å². The van der Waals surface area contributed by atoms with Gasteiger partial charge in [-0.05, 0) is 0 Å². The number of hydrogen-bond acceptors (Lipinski definition) is 5. The van der Waals surface area contributed by atoms with Gasteiger partial charge < -0.3 is 20.2 Å². The van der Waals surface area contributed by atoms with E-state index in [4.69, 9.17) is 5.11 Å². The zero-order chi connectivity index (χ0) is 14.5. The van der Waals surface area contributed by atoms with Crippen LogP contribution >= 0.6 is 0 Å². The van der Waals surface area contributed by atoms with Gasteiger partial charge in [-0.15, -0.1) is 0 Å². The molecule has 1 aliphatic rings. The van der Waals surface area contributed by atoms with E-state index in [1.165, 1.54) is 6.20 Å². The first-order chi connectivity index (χ1) is 9.46. The van der Waals surface area contributed by atoms with Crippen LogP contribution < -0.4 is 10.9 Å². The molecule has 0 saturated carbocycles. The molecular weight excluding hydrogens is 274 g/mol. The van der Waals surface area contributed by atoms with Crippen molar-refractivity contribution in [3.8, 4) is 0 Å². The van der Waals surface area contributed by atoms with Crippen molar-refractivity contribution in [1.29, 1.82) is 0 Å². The maximum absolute atomic E-state index is 14.1. The molecule has 5 N–H and O–H groups in total. The Morgan fingerprint density at radius 1 is 1.40 bits per heavy atom. The van der Waals surface area contributed by atoms with Gasteiger partial charge in [0.2, 0.25) is 0 Å². The smallest absolute Gasteiger partial charge is 0.294 e. The third-order valence-corrected chi connectivity index (χ3v) is 3.55. The molecule has 20 heavy (non-hydrogen) atoms. The molecule has 0 aromatic carbocycles. The van der Waals surface area contributed by atoms with E-state index in [9.17, 15) is 18.7 Å². The number of H-pyrrole nitrogens is 2. The minimum atomic E-state index is -3.48. The molecular formula is C11H12F2N4O3.